The van der Waals surface area contributed by atoms with Gasteiger partial charge in [-0.3, -0.25) is 4.79 Å². The van der Waals surface area contributed by atoms with Crippen molar-refractivity contribution in [2.24, 2.45) is 0 Å². The Bertz CT molecular complexity index is 782. The van der Waals surface area contributed by atoms with E-state index in [4.69, 9.17) is 5.10 Å². The van der Waals surface area contributed by atoms with Crippen LogP contribution in [0.1, 0.15) is 46.7 Å². The first-order valence-electron chi connectivity index (χ1n) is 8.76. The average molecular weight is 342 g/mol. The fourth-order valence-corrected chi connectivity index (χ4v) is 3.30. The van der Waals surface area contributed by atoms with E-state index in [1.165, 1.54) is 0 Å². The van der Waals surface area contributed by atoms with Gasteiger partial charge in [-0.05, 0) is 13.3 Å². The molecule has 25 heavy (non-hydrogen) atoms. The number of carbonyl (C=O) groups is 2. The normalized spacial score (nSPS) is 18.6. The van der Waals surface area contributed by atoms with Crippen LogP contribution in [0.4, 0.5) is 5.82 Å². The highest BCUT2D eigenvalue weighted by Gasteiger charge is 2.42. The number of amides is 1. The zero-order valence-corrected chi connectivity index (χ0v) is 15.7. The number of anilines is 1. The Balaban J connectivity index is 2.10. The van der Waals surface area contributed by atoms with E-state index in [2.05, 4.69) is 34.3 Å². The second-order valence-corrected chi connectivity index (χ2v) is 7.79. The maximum Gasteiger partial charge on any atom is 0.271 e. The topological polar surface area (TPSA) is 58.4 Å². The minimum atomic E-state index is -0.130. The van der Waals surface area contributed by atoms with Crippen LogP contribution in [0, 0.1) is 0 Å². The predicted molar refractivity (Wildman–Crippen MR) is 98.2 cm³/mol. The molecule has 6 nitrogen and oxygen atoms in total. The number of rotatable bonds is 4. The first-order valence-corrected chi connectivity index (χ1v) is 8.76. The average Bonchev–Trinajstić information content (AvgIpc) is 3.13. The summed E-state index contributed by atoms with van der Waals surface area (Å²) in [4.78, 5) is 28.0. The second-order valence-electron chi connectivity index (χ2n) is 7.79. The lowest BCUT2D eigenvalue weighted by Crippen LogP contribution is -2.39. The van der Waals surface area contributed by atoms with Crippen LogP contribution < -0.4 is 4.90 Å². The third-order valence-electron chi connectivity index (χ3n) is 5.07. The van der Waals surface area contributed by atoms with Gasteiger partial charge in [-0.1, -0.05) is 34.3 Å². The van der Waals surface area contributed by atoms with Gasteiger partial charge in [0.25, 0.3) is 5.91 Å². The number of fused-ring (bicyclic) bond motifs is 1. The first kappa shape index (κ1) is 17.5. The van der Waals surface area contributed by atoms with E-state index >= 15 is 0 Å². The van der Waals surface area contributed by atoms with Gasteiger partial charge in [0.1, 0.15) is 17.8 Å². The fraction of sp³-hybridized carbons (Fsp3) is 0.526. The third-order valence-corrected chi connectivity index (χ3v) is 5.07. The molecule has 0 bridgehead atoms. The molecule has 6 heteroatoms. The molecular weight excluding hydrogens is 316 g/mol. The van der Waals surface area contributed by atoms with Crippen LogP contribution in [-0.4, -0.2) is 46.0 Å². The summed E-state index contributed by atoms with van der Waals surface area (Å²) in [5, 5.41) is 4.71. The molecule has 1 unspecified atom stereocenters. The molecule has 1 amide bonds. The quantitative estimate of drug-likeness (QED) is 0.789. The Hall–Kier alpha value is -2.37. The largest absolute Gasteiger partial charge is 0.330 e. The summed E-state index contributed by atoms with van der Waals surface area (Å²) in [7, 11) is 0. The molecule has 0 radical (unpaired) electrons. The number of hydrogen-bond acceptors (Lipinski definition) is 4. The lowest BCUT2D eigenvalue weighted by atomic mass is 9.92. The molecule has 0 N–H and O–H groups in total. The van der Waals surface area contributed by atoms with Crippen LogP contribution in [-0.2, 0) is 15.0 Å². The first-order chi connectivity index (χ1) is 11.7. The summed E-state index contributed by atoms with van der Waals surface area (Å²) in [6.45, 7) is 15.2. The lowest BCUT2D eigenvalue weighted by Gasteiger charge is -2.29. The van der Waals surface area contributed by atoms with Gasteiger partial charge in [-0.2, -0.15) is 5.10 Å². The Labute approximate surface area is 148 Å². The number of carbonyl (C=O) groups excluding carboxylic acids is 2. The molecule has 1 atom stereocenters. The Morgan fingerprint density at radius 2 is 2.08 bits per heavy atom. The van der Waals surface area contributed by atoms with Crippen molar-refractivity contribution in [3.63, 3.8) is 0 Å². The minimum Gasteiger partial charge on any atom is -0.330 e. The highest BCUT2D eigenvalue weighted by Crippen LogP contribution is 2.40. The molecule has 0 aliphatic carbocycles. The van der Waals surface area contributed by atoms with E-state index in [0.717, 1.165) is 35.5 Å². The molecule has 2 aliphatic heterocycles. The van der Waals surface area contributed by atoms with E-state index in [1.54, 1.807) is 9.58 Å². The predicted octanol–water partition coefficient (Wildman–Crippen LogP) is 2.57. The van der Waals surface area contributed by atoms with Gasteiger partial charge in [-0.15, -0.1) is 0 Å². The molecule has 0 saturated carbocycles. The van der Waals surface area contributed by atoms with Crippen LogP contribution in [0.15, 0.2) is 23.9 Å². The van der Waals surface area contributed by atoms with E-state index < -0.39 is 0 Å². The highest BCUT2D eigenvalue weighted by molar-refractivity contribution is 6.05. The zero-order chi connectivity index (χ0) is 18.5. The van der Waals surface area contributed by atoms with Crippen LogP contribution in [0.25, 0.3) is 5.70 Å². The molecule has 134 valence electrons. The van der Waals surface area contributed by atoms with Crippen molar-refractivity contribution in [1.82, 2.24) is 14.7 Å². The minimum absolute atomic E-state index is 0.0305. The molecule has 3 rings (SSSR count). The van der Waals surface area contributed by atoms with Crippen LogP contribution in [0.2, 0.25) is 0 Å². The maximum absolute atomic E-state index is 13.0. The molecule has 2 aliphatic rings. The second kappa shape index (κ2) is 5.86. The van der Waals surface area contributed by atoms with Crippen molar-refractivity contribution in [3.05, 3.63) is 29.6 Å². The summed E-state index contributed by atoms with van der Waals surface area (Å²) in [6.07, 6.45) is 1.71. The summed E-state index contributed by atoms with van der Waals surface area (Å²) in [6, 6.07) is 2.10. The van der Waals surface area contributed by atoms with E-state index in [9.17, 15) is 9.59 Å². The van der Waals surface area contributed by atoms with Crippen molar-refractivity contribution in [3.8, 4) is 0 Å². The van der Waals surface area contributed by atoms with Crippen molar-refractivity contribution in [2.75, 3.05) is 18.0 Å². The van der Waals surface area contributed by atoms with Crippen LogP contribution in [0.3, 0.4) is 0 Å². The smallest absolute Gasteiger partial charge is 0.271 e. The molecule has 0 saturated heterocycles. The standard InChI is InChI=1S/C19H26N4O2/c1-7-12(2)22-11-14-13(3)23-16(10-15(20-23)19(4,5)6)21(8-9-24)17(14)18(22)25/h9-10,12H,3,7-8,11H2,1-2,4-6H3. The fourth-order valence-electron chi connectivity index (χ4n) is 3.30. The molecule has 0 spiro atoms. The van der Waals surface area contributed by atoms with Crippen LogP contribution in [0.5, 0.6) is 0 Å². The molecule has 1 aromatic rings. The molecule has 3 heterocycles. The van der Waals surface area contributed by atoms with Gasteiger partial charge >= 0.3 is 0 Å². The van der Waals surface area contributed by atoms with E-state index in [-0.39, 0.29) is 23.9 Å². The summed E-state index contributed by atoms with van der Waals surface area (Å²) < 4.78 is 1.77. The van der Waals surface area contributed by atoms with Gasteiger partial charge in [0, 0.05) is 23.1 Å². The summed E-state index contributed by atoms with van der Waals surface area (Å²) in [5.41, 5.74) is 2.94. The van der Waals surface area contributed by atoms with Gasteiger partial charge in [0.05, 0.1) is 24.5 Å². The SMILES string of the molecule is C=C1C2=C(C(=O)N(C(C)CC)C2)N(CC=O)c2cc(C(C)(C)C)nn21. The molecule has 0 fully saturated rings. The number of hydrogen-bond donors (Lipinski definition) is 0. The Morgan fingerprint density at radius 1 is 1.40 bits per heavy atom. The van der Waals surface area contributed by atoms with E-state index in [0.29, 0.717) is 12.2 Å². The summed E-state index contributed by atoms with van der Waals surface area (Å²) in [5.74, 6) is 0.706. The van der Waals surface area contributed by atoms with Crippen LogP contribution >= 0.6 is 0 Å². The number of aromatic nitrogens is 2. The van der Waals surface area contributed by atoms with Gasteiger partial charge < -0.3 is 14.6 Å². The highest BCUT2D eigenvalue weighted by atomic mass is 16.2. The van der Waals surface area contributed by atoms with Gasteiger partial charge in [0.2, 0.25) is 0 Å². The number of aldehydes is 1. The van der Waals surface area contributed by atoms with Gasteiger partial charge in [0.15, 0.2) is 0 Å². The van der Waals surface area contributed by atoms with E-state index in [1.807, 2.05) is 17.9 Å². The third kappa shape index (κ3) is 2.60. The van der Waals surface area contributed by atoms with Crippen molar-refractivity contribution < 1.29 is 9.59 Å². The molecular formula is C19H26N4O2. The van der Waals surface area contributed by atoms with Crippen molar-refractivity contribution in [2.45, 2.75) is 52.5 Å². The Kier molecular flexibility index (Phi) is 4.09. The number of nitrogens with zero attached hydrogens (tertiary/aromatic N) is 4. The lowest BCUT2D eigenvalue weighted by molar-refractivity contribution is -0.127. The van der Waals surface area contributed by atoms with Crippen molar-refractivity contribution >= 4 is 23.7 Å². The Morgan fingerprint density at radius 3 is 2.64 bits per heavy atom. The summed E-state index contributed by atoms with van der Waals surface area (Å²) >= 11 is 0. The molecule has 0 aromatic carbocycles. The zero-order valence-electron chi connectivity index (χ0n) is 15.7. The van der Waals surface area contributed by atoms with Crippen molar-refractivity contribution in [1.29, 1.82) is 0 Å². The monoisotopic (exact) mass is 342 g/mol. The van der Waals surface area contributed by atoms with Gasteiger partial charge in [-0.25, -0.2) is 4.68 Å². The molecule has 1 aromatic heterocycles. The maximum atomic E-state index is 13.0.